The minimum Gasteiger partial charge on any atom is -0.372 e. The molecule has 0 radical (unpaired) electrons. The summed E-state index contributed by atoms with van der Waals surface area (Å²) in [6.07, 6.45) is 7.15. The number of H-pyrrole nitrogens is 1. The molecule has 0 unspecified atom stereocenters. The van der Waals surface area contributed by atoms with E-state index < -0.39 is 0 Å². The lowest BCUT2D eigenvalue weighted by molar-refractivity contribution is -0.106. The quantitative estimate of drug-likeness (QED) is 0.615. The zero-order valence-corrected chi connectivity index (χ0v) is 14.4. The van der Waals surface area contributed by atoms with Crippen LogP contribution in [0.15, 0.2) is 24.4 Å². The molecule has 1 amide bonds. The molecule has 2 aliphatic rings. The van der Waals surface area contributed by atoms with Gasteiger partial charge in [0.2, 0.25) is 12.4 Å². The van der Waals surface area contributed by atoms with Gasteiger partial charge in [-0.15, -0.1) is 5.10 Å². The summed E-state index contributed by atoms with van der Waals surface area (Å²) in [5.41, 5.74) is 6.34. The van der Waals surface area contributed by atoms with Gasteiger partial charge in [-0.3, -0.25) is 9.89 Å². The van der Waals surface area contributed by atoms with Crippen molar-refractivity contribution in [3.05, 3.63) is 30.1 Å². The van der Waals surface area contributed by atoms with Crippen molar-refractivity contribution in [2.75, 3.05) is 23.3 Å². The Morgan fingerprint density at radius 2 is 2.08 bits per heavy atom. The van der Waals surface area contributed by atoms with Crippen molar-refractivity contribution < 1.29 is 4.79 Å². The number of aromatic nitrogens is 5. The molecular weight excluding hydrogens is 332 g/mol. The number of nitrogens with one attached hydrogen (secondary N) is 2. The number of anilines is 3. The van der Waals surface area contributed by atoms with E-state index in [-0.39, 0.29) is 6.41 Å². The fourth-order valence-corrected chi connectivity index (χ4v) is 3.19. The second-order valence-electron chi connectivity index (χ2n) is 6.54. The number of fused-ring (bicyclic) bond motifs is 1. The maximum Gasteiger partial charge on any atom is 0.245 e. The van der Waals surface area contributed by atoms with E-state index in [0.717, 1.165) is 36.2 Å². The predicted octanol–water partition coefficient (Wildman–Crippen LogP) is 1.78. The first kappa shape index (κ1) is 16.4. The van der Waals surface area contributed by atoms with E-state index in [1.54, 1.807) is 0 Å². The highest BCUT2D eigenvalue weighted by Crippen LogP contribution is 2.39. The van der Waals surface area contributed by atoms with E-state index in [1.807, 2.05) is 22.8 Å². The van der Waals surface area contributed by atoms with E-state index in [0.29, 0.717) is 5.92 Å². The van der Waals surface area contributed by atoms with Crippen molar-refractivity contribution in [1.82, 2.24) is 24.8 Å². The van der Waals surface area contributed by atoms with Gasteiger partial charge in [0, 0.05) is 37.0 Å². The summed E-state index contributed by atoms with van der Waals surface area (Å²) in [6.45, 7) is 2.06. The van der Waals surface area contributed by atoms with Gasteiger partial charge in [-0.05, 0) is 37.8 Å². The van der Waals surface area contributed by atoms with Crippen LogP contribution in [0.2, 0.25) is 0 Å². The number of carbonyl (C=O) groups excluding carboxylic acids is 1. The predicted molar refractivity (Wildman–Crippen MR) is 98.5 cm³/mol. The minimum absolute atomic E-state index is 0.250. The zero-order chi connectivity index (χ0) is 17.9. The molecule has 5 rings (SSSR count). The van der Waals surface area contributed by atoms with Crippen LogP contribution < -0.4 is 16.0 Å². The van der Waals surface area contributed by atoms with E-state index in [2.05, 4.69) is 37.3 Å². The van der Waals surface area contributed by atoms with Crippen LogP contribution in [0.25, 0.3) is 5.52 Å². The summed E-state index contributed by atoms with van der Waals surface area (Å²) in [7, 11) is 0. The fourth-order valence-electron chi connectivity index (χ4n) is 3.19. The standard InChI is InChI=1S/C16H19N7.CH3NO/c1-2-8-22(7-1)16-18-15(13-4-3-9-23(13)21-16)17-14-10-12(19-20-14)11-5-6-11;2-1-3/h3-4,9-11H,1-2,5-8H2,(H2,17,18,19,20,21);1H,(H2,2,3). The number of aromatic amines is 1. The van der Waals surface area contributed by atoms with Crippen LogP contribution in [-0.2, 0) is 4.79 Å². The lowest BCUT2D eigenvalue weighted by atomic mass is 10.3. The SMILES string of the molecule is NC=O.c1cc2c(Nc3cc(C4CC4)[nH]n3)nc(N3CCCC3)nn2c1. The molecule has 136 valence electrons. The number of carbonyl (C=O) groups is 1. The lowest BCUT2D eigenvalue weighted by Crippen LogP contribution is -2.22. The van der Waals surface area contributed by atoms with Gasteiger partial charge in [0.1, 0.15) is 5.52 Å². The molecule has 4 N–H and O–H groups in total. The molecule has 3 aromatic rings. The van der Waals surface area contributed by atoms with Crippen molar-refractivity contribution in [1.29, 1.82) is 0 Å². The Morgan fingerprint density at radius 3 is 2.81 bits per heavy atom. The Bertz CT molecular complexity index is 891. The van der Waals surface area contributed by atoms with E-state index in [4.69, 9.17) is 9.78 Å². The van der Waals surface area contributed by atoms with Gasteiger partial charge in [-0.25, -0.2) is 4.52 Å². The summed E-state index contributed by atoms with van der Waals surface area (Å²) in [5.74, 6) is 3.07. The van der Waals surface area contributed by atoms with Gasteiger partial charge in [0.25, 0.3) is 0 Å². The molecule has 1 aliphatic heterocycles. The number of primary amides is 1. The Morgan fingerprint density at radius 1 is 1.31 bits per heavy atom. The average molecular weight is 354 g/mol. The largest absolute Gasteiger partial charge is 0.372 e. The molecular formula is C17H22N8O. The molecule has 26 heavy (non-hydrogen) atoms. The van der Waals surface area contributed by atoms with Crippen LogP contribution >= 0.6 is 0 Å². The molecule has 0 spiro atoms. The summed E-state index contributed by atoms with van der Waals surface area (Å²) in [6, 6.07) is 6.10. The zero-order valence-electron chi connectivity index (χ0n) is 14.4. The van der Waals surface area contributed by atoms with Crippen molar-refractivity contribution >= 4 is 29.5 Å². The molecule has 0 bridgehead atoms. The summed E-state index contributed by atoms with van der Waals surface area (Å²) in [5, 5.41) is 15.5. The lowest BCUT2D eigenvalue weighted by Gasteiger charge is -2.16. The van der Waals surface area contributed by atoms with Crippen LogP contribution in [0.1, 0.15) is 37.3 Å². The first-order chi connectivity index (χ1) is 12.8. The Balaban J connectivity index is 0.000000527. The van der Waals surface area contributed by atoms with Crippen molar-refractivity contribution in [3.63, 3.8) is 0 Å². The van der Waals surface area contributed by atoms with E-state index in [1.165, 1.54) is 31.4 Å². The number of nitrogens with two attached hydrogens (primary N) is 1. The summed E-state index contributed by atoms with van der Waals surface area (Å²) < 4.78 is 1.89. The maximum atomic E-state index is 8.58. The van der Waals surface area contributed by atoms with Crippen molar-refractivity contribution in [2.24, 2.45) is 5.73 Å². The fraction of sp³-hybridized carbons (Fsp3) is 0.412. The second kappa shape index (κ2) is 7.03. The summed E-state index contributed by atoms with van der Waals surface area (Å²) >= 11 is 0. The highest BCUT2D eigenvalue weighted by molar-refractivity contribution is 5.73. The van der Waals surface area contributed by atoms with E-state index >= 15 is 0 Å². The summed E-state index contributed by atoms with van der Waals surface area (Å²) in [4.78, 5) is 15.6. The number of rotatable bonds is 4. The van der Waals surface area contributed by atoms with Gasteiger partial charge < -0.3 is 16.0 Å². The maximum absolute atomic E-state index is 8.58. The van der Waals surface area contributed by atoms with Gasteiger partial charge in [0.05, 0.1) is 0 Å². The molecule has 0 aromatic carbocycles. The first-order valence-electron chi connectivity index (χ1n) is 8.86. The number of nitrogens with zero attached hydrogens (tertiary/aromatic N) is 5. The Hall–Kier alpha value is -3.10. The molecule has 9 heteroatoms. The molecule has 1 aliphatic carbocycles. The molecule has 4 heterocycles. The number of hydrogen-bond donors (Lipinski definition) is 3. The van der Waals surface area contributed by atoms with Crippen LogP contribution in [0, 0.1) is 0 Å². The third-order valence-electron chi connectivity index (χ3n) is 4.63. The number of amides is 1. The van der Waals surface area contributed by atoms with Crippen LogP contribution in [0.5, 0.6) is 0 Å². The van der Waals surface area contributed by atoms with Gasteiger partial charge in [-0.1, -0.05) is 0 Å². The van der Waals surface area contributed by atoms with Gasteiger partial charge in [-0.2, -0.15) is 10.1 Å². The smallest absolute Gasteiger partial charge is 0.245 e. The highest BCUT2D eigenvalue weighted by atomic mass is 16.1. The monoisotopic (exact) mass is 354 g/mol. The van der Waals surface area contributed by atoms with E-state index in [9.17, 15) is 0 Å². The third-order valence-corrected chi connectivity index (χ3v) is 4.63. The first-order valence-corrected chi connectivity index (χ1v) is 8.86. The molecule has 0 atom stereocenters. The van der Waals surface area contributed by atoms with Crippen molar-refractivity contribution in [2.45, 2.75) is 31.6 Å². The Kier molecular flexibility index (Phi) is 4.42. The second-order valence-corrected chi connectivity index (χ2v) is 6.54. The third kappa shape index (κ3) is 3.32. The topological polar surface area (TPSA) is 117 Å². The van der Waals surface area contributed by atoms with Crippen LogP contribution in [0.3, 0.4) is 0 Å². The van der Waals surface area contributed by atoms with Crippen molar-refractivity contribution in [3.8, 4) is 0 Å². The van der Waals surface area contributed by atoms with Gasteiger partial charge in [0.15, 0.2) is 11.6 Å². The molecule has 3 aromatic heterocycles. The minimum atomic E-state index is 0.250. The molecule has 2 fully saturated rings. The Labute approximate surface area is 150 Å². The van der Waals surface area contributed by atoms with Crippen LogP contribution in [-0.4, -0.2) is 44.3 Å². The number of hydrogen-bond acceptors (Lipinski definition) is 6. The molecule has 1 saturated carbocycles. The normalized spacial score (nSPS) is 16.4. The highest BCUT2D eigenvalue weighted by Gasteiger charge is 2.25. The van der Waals surface area contributed by atoms with Gasteiger partial charge >= 0.3 is 0 Å². The molecule has 1 saturated heterocycles. The average Bonchev–Trinajstić information content (AvgIpc) is 3.08. The van der Waals surface area contributed by atoms with Crippen LogP contribution in [0.4, 0.5) is 17.6 Å². The molecule has 9 nitrogen and oxygen atoms in total.